The van der Waals surface area contributed by atoms with Gasteiger partial charge in [0.15, 0.2) is 0 Å². The molecule has 0 radical (unpaired) electrons. The number of likely N-dealkylation sites (tertiary alicyclic amines) is 1. The van der Waals surface area contributed by atoms with E-state index in [1.165, 1.54) is 11.9 Å². The highest BCUT2D eigenvalue weighted by Gasteiger charge is 2.28. The molecular weight excluding hydrogens is 384 g/mol. The van der Waals surface area contributed by atoms with E-state index in [0.29, 0.717) is 6.04 Å². The number of nitrogens with zero attached hydrogens (tertiary/aromatic N) is 5. The summed E-state index contributed by atoms with van der Waals surface area (Å²) in [5.41, 5.74) is 4.38. The number of para-hydroxylation sites is 2. The number of anilines is 2. The van der Waals surface area contributed by atoms with E-state index in [0.717, 1.165) is 60.4 Å². The van der Waals surface area contributed by atoms with Crippen LogP contribution < -0.4 is 5.32 Å². The SMILES string of the molecule is CCn1c(CN2CCC[C@H]2c2cccc(Nc3cccc(C)n3)n2)nc2ccccc21. The number of fused-ring (bicyclic) bond motifs is 1. The first-order chi connectivity index (χ1) is 15.2. The van der Waals surface area contributed by atoms with Gasteiger partial charge in [0.05, 0.1) is 29.3 Å². The van der Waals surface area contributed by atoms with Crippen LogP contribution in [0.25, 0.3) is 11.0 Å². The maximum absolute atomic E-state index is 4.94. The molecule has 0 unspecified atom stereocenters. The second-order valence-corrected chi connectivity index (χ2v) is 8.13. The van der Waals surface area contributed by atoms with E-state index in [1.54, 1.807) is 0 Å². The van der Waals surface area contributed by atoms with Crippen molar-refractivity contribution in [1.82, 2.24) is 24.4 Å². The molecule has 1 saturated heterocycles. The van der Waals surface area contributed by atoms with E-state index in [2.05, 4.69) is 63.1 Å². The number of aryl methyl sites for hydroxylation is 2. The lowest BCUT2D eigenvalue weighted by Gasteiger charge is -2.24. The maximum Gasteiger partial charge on any atom is 0.131 e. The molecule has 158 valence electrons. The second-order valence-electron chi connectivity index (χ2n) is 8.13. The summed E-state index contributed by atoms with van der Waals surface area (Å²) in [6.07, 6.45) is 2.29. The number of hydrogen-bond donors (Lipinski definition) is 1. The Bertz CT molecular complexity index is 1200. The van der Waals surface area contributed by atoms with Gasteiger partial charge in [-0.25, -0.2) is 15.0 Å². The van der Waals surface area contributed by atoms with Gasteiger partial charge in [0.2, 0.25) is 0 Å². The smallest absolute Gasteiger partial charge is 0.131 e. The summed E-state index contributed by atoms with van der Waals surface area (Å²) < 4.78 is 2.33. The van der Waals surface area contributed by atoms with Crippen LogP contribution in [0.3, 0.4) is 0 Å². The summed E-state index contributed by atoms with van der Waals surface area (Å²) in [6, 6.07) is 20.9. The van der Waals surface area contributed by atoms with Crippen LogP contribution in [0, 0.1) is 6.92 Å². The van der Waals surface area contributed by atoms with Gasteiger partial charge < -0.3 is 9.88 Å². The summed E-state index contributed by atoms with van der Waals surface area (Å²) in [5.74, 6) is 2.79. The highest BCUT2D eigenvalue weighted by molar-refractivity contribution is 5.75. The number of pyridine rings is 2. The van der Waals surface area contributed by atoms with Crippen molar-refractivity contribution in [1.29, 1.82) is 0 Å². The van der Waals surface area contributed by atoms with Crippen molar-refractivity contribution in [2.75, 3.05) is 11.9 Å². The van der Waals surface area contributed by atoms with Gasteiger partial charge >= 0.3 is 0 Å². The molecule has 1 fully saturated rings. The lowest BCUT2D eigenvalue weighted by atomic mass is 10.1. The molecule has 1 aromatic carbocycles. The Labute approximate surface area is 183 Å². The van der Waals surface area contributed by atoms with Gasteiger partial charge in [-0.15, -0.1) is 0 Å². The Hall–Kier alpha value is -3.25. The summed E-state index contributed by atoms with van der Waals surface area (Å²) in [6.45, 7) is 7.02. The second kappa shape index (κ2) is 8.47. The number of benzene rings is 1. The lowest BCUT2D eigenvalue weighted by molar-refractivity contribution is 0.235. The molecule has 1 N–H and O–H groups in total. The van der Waals surface area contributed by atoms with E-state index in [4.69, 9.17) is 9.97 Å². The fourth-order valence-corrected chi connectivity index (χ4v) is 4.58. The van der Waals surface area contributed by atoms with Crippen molar-refractivity contribution < 1.29 is 0 Å². The molecule has 0 aliphatic carbocycles. The fourth-order valence-electron chi connectivity index (χ4n) is 4.58. The number of aromatic nitrogens is 4. The Morgan fingerprint density at radius 2 is 1.74 bits per heavy atom. The molecule has 6 heteroatoms. The van der Waals surface area contributed by atoms with Crippen LogP contribution in [0.4, 0.5) is 11.6 Å². The van der Waals surface area contributed by atoms with E-state index in [-0.39, 0.29) is 0 Å². The zero-order chi connectivity index (χ0) is 21.2. The van der Waals surface area contributed by atoms with Gasteiger partial charge in [0.25, 0.3) is 0 Å². The maximum atomic E-state index is 4.94. The molecule has 0 amide bonds. The van der Waals surface area contributed by atoms with E-state index in [1.807, 2.05) is 31.2 Å². The van der Waals surface area contributed by atoms with Crippen molar-refractivity contribution in [2.45, 2.75) is 45.8 Å². The molecule has 1 aliphatic heterocycles. The monoisotopic (exact) mass is 412 g/mol. The largest absolute Gasteiger partial charge is 0.327 e. The summed E-state index contributed by atoms with van der Waals surface area (Å²) in [7, 11) is 0. The van der Waals surface area contributed by atoms with E-state index in [9.17, 15) is 0 Å². The zero-order valence-electron chi connectivity index (χ0n) is 18.1. The first-order valence-electron chi connectivity index (χ1n) is 11.1. The van der Waals surface area contributed by atoms with Gasteiger partial charge in [0, 0.05) is 12.2 Å². The summed E-state index contributed by atoms with van der Waals surface area (Å²) in [4.78, 5) is 16.9. The normalized spacial score (nSPS) is 16.8. The topological polar surface area (TPSA) is 58.9 Å². The summed E-state index contributed by atoms with van der Waals surface area (Å²) in [5, 5.41) is 3.35. The number of nitrogens with one attached hydrogen (secondary N) is 1. The van der Waals surface area contributed by atoms with Gasteiger partial charge in [-0.2, -0.15) is 0 Å². The average Bonchev–Trinajstić information content (AvgIpc) is 3.38. The molecule has 31 heavy (non-hydrogen) atoms. The van der Waals surface area contributed by atoms with Crippen LogP contribution in [0.1, 0.15) is 43.0 Å². The number of imidazole rings is 1. The Morgan fingerprint density at radius 1 is 0.935 bits per heavy atom. The molecule has 1 aliphatic rings. The van der Waals surface area contributed by atoms with Crippen LogP contribution in [-0.4, -0.2) is 31.0 Å². The van der Waals surface area contributed by atoms with Crippen LogP contribution in [0.2, 0.25) is 0 Å². The fraction of sp³-hybridized carbons (Fsp3) is 0.320. The third-order valence-corrected chi connectivity index (χ3v) is 6.01. The molecule has 4 heterocycles. The minimum absolute atomic E-state index is 0.303. The van der Waals surface area contributed by atoms with Crippen molar-refractivity contribution in [2.24, 2.45) is 0 Å². The quantitative estimate of drug-likeness (QED) is 0.470. The molecule has 1 atom stereocenters. The van der Waals surface area contributed by atoms with Gasteiger partial charge in [-0.1, -0.05) is 24.3 Å². The third-order valence-electron chi connectivity index (χ3n) is 6.01. The standard InChI is InChI=1S/C25H28N6/c1-3-31-22-12-5-4-10-20(22)28-25(31)17-30-16-8-13-21(30)19-11-7-15-24(27-19)29-23-14-6-9-18(2)26-23/h4-7,9-12,14-15,21H,3,8,13,16-17H2,1-2H3,(H,26,27,29)/t21-/m0/s1. The van der Waals surface area contributed by atoms with Gasteiger partial charge in [-0.05, 0) is 69.6 Å². The zero-order valence-corrected chi connectivity index (χ0v) is 18.1. The highest BCUT2D eigenvalue weighted by atomic mass is 15.2. The minimum Gasteiger partial charge on any atom is -0.327 e. The van der Waals surface area contributed by atoms with Gasteiger partial charge in [-0.3, -0.25) is 4.90 Å². The van der Waals surface area contributed by atoms with Crippen molar-refractivity contribution in [3.63, 3.8) is 0 Å². The molecule has 0 bridgehead atoms. The third kappa shape index (κ3) is 4.03. The molecule has 6 nitrogen and oxygen atoms in total. The summed E-state index contributed by atoms with van der Waals surface area (Å²) >= 11 is 0. The van der Waals surface area contributed by atoms with Crippen molar-refractivity contribution in [3.05, 3.63) is 77.9 Å². The Balaban J connectivity index is 1.38. The predicted molar refractivity (Wildman–Crippen MR) is 124 cm³/mol. The molecule has 3 aromatic heterocycles. The van der Waals surface area contributed by atoms with E-state index >= 15 is 0 Å². The lowest BCUT2D eigenvalue weighted by Crippen LogP contribution is -2.25. The minimum atomic E-state index is 0.303. The van der Waals surface area contributed by atoms with Crippen LogP contribution >= 0.6 is 0 Å². The Kier molecular flexibility index (Phi) is 5.38. The molecule has 4 aromatic rings. The molecule has 5 rings (SSSR count). The van der Waals surface area contributed by atoms with Gasteiger partial charge in [0.1, 0.15) is 17.5 Å². The number of rotatable bonds is 6. The van der Waals surface area contributed by atoms with Crippen molar-refractivity contribution >= 4 is 22.7 Å². The highest BCUT2D eigenvalue weighted by Crippen LogP contribution is 2.33. The van der Waals surface area contributed by atoms with Crippen LogP contribution in [-0.2, 0) is 13.1 Å². The number of hydrogen-bond acceptors (Lipinski definition) is 5. The molecular formula is C25H28N6. The molecule has 0 saturated carbocycles. The predicted octanol–water partition coefficient (Wildman–Crippen LogP) is 5.24. The van der Waals surface area contributed by atoms with Crippen molar-refractivity contribution in [3.8, 4) is 0 Å². The van der Waals surface area contributed by atoms with Crippen LogP contribution in [0.5, 0.6) is 0 Å². The van der Waals surface area contributed by atoms with Crippen LogP contribution in [0.15, 0.2) is 60.7 Å². The first kappa shape index (κ1) is 19.7. The average molecular weight is 413 g/mol. The van der Waals surface area contributed by atoms with E-state index < -0.39 is 0 Å². The first-order valence-corrected chi connectivity index (χ1v) is 11.1. The molecule has 0 spiro atoms. The Morgan fingerprint density at radius 3 is 2.58 bits per heavy atom.